The Hall–Kier alpha value is -2.97. The fourth-order valence-electron chi connectivity index (χ4n) is 4.50. The number of halogens is 2. The number of ether oxygens (including phenoxy) is 2. The molecule has 0 aliphatic carbocycles. The summed E-state index contributed by atoms with van der Waals surface area (Å²) in [7, 11) is 3.21. The zero-order valence-electron chi connectivity index (χ0n) is 21.2. The lowest BCUT2D eigenvalue weighted by atomic mass is 9.95. The van der Waals surface area contributed by atoms with Crippen molar-refractivity contribution in [2.45, 2.75) is 13.0 Å². The number of methoxy groups -OCH3 is 2. The van der Waals surface area contributed by atoms with E-state index in [4.69, 9.17) is 14.5 Å². The summed E-state index contributed by atoms with van der Waals surface area (Å²) in [4.78, 5) is 33.0. The van der Waals surface area contributed by atoms with Crippen LogP contribution >= 0.6 is 56.5 Å². The van der Waals surface area contributed by atoms with E-state index in [-0.39, 0.29) is 11.5 Å². The van der Waals surface area contributed by atoms with Crippen LogP contribution in [0, 0.1) is 7.14 Å². The average molecular weight is 763 g/mol. The second-order valence-corrected chi connectivity index (χ2v) is 12.1. The van der Waals surface area contributed by atoms with Crippen LogP contribution in [0.15, 0.2) is 87.8 Å². The molecule has 5 rings (SSSR count). The maximum atomic E-state index is 14.0. The number of carbonyl (C=O) groups excluding carboxylic acids is 1. The van der Waals surface area contributed by atoms with E-state index < -0.39 is 6.04 Å². The van der Waals surface area contributed by atoms with Gasteiger partial charge in [-0.3, -0.25) is 14.2 Å². The Morgan fingerprint density at radius 2 is 1.82 bits per heavy atom. The van der Waals surface area contributed by atoms with Gasteiger partial charge in [0.2, 0.25) is 0 Å². The molecule has 0 bridgehead atoms. The molecule has 1 aromatic heterocycles. The minimum absolute atomic E-state index is 0.236. The average Bonchev–Trinajstić information content (AvgIpc) is 3.22. The van der Waals surface area contributed by atoms with Gasteiger partial charge in [-0.25, -0.2) is 4.99 Å². The third-order valence-corrected chi connectivity index (χ3v) is 8.64. The van der Waals surface area contributed by atoms with Crippen LogP contribution < -0.4 is 29.7 Å². The Kier molecular flexibility index (Phi) is 8.24. The van der Waals surface area contributed by atoms with Crippen molar-refractivity contribution < 1.29 is 14.3 Å². The van der Waals surface area contributed by atoms with Gasteiger partial charge in [-0.1, -0.05) is 41.7 Å². The molecule has 1 aliphatic heterocycles. The summed E-state index contributed by atoms with van der Waals surface area (Å²) in [6.45, 7) is 1.80. The molecular formula is C29H23I2N3O4S. The molecule has 3 aromatic carbocycles. The largest absolute Gasteiger partial charge is 0.497 e. The predicted octanol–water partition coefficient (Wildman–Crippen LogP) is 5.10. The first-order chi connectivity index (χ1) is 18.8. The van der Waals surface area contributed by atoms with Gasteiger partial charge in [-0.15, -0.1) is 0 Å². The molecule has 2 heterocycles. The Morgan fingerprint density at radius 3 is 2.54 bits per heavy atom. The smallest absolute Gasteiger partial charge is 0.271 e. The van der Waals surface area contributed by atoms with Crippen LogP contribution in [0.3, 0.4) is 0 Å². The van der Waals surface area contributed by atoms with Gasteiger partial charge < -0.3 is 14.8 Å². The van der Waals surface area contributed by atoms with E-state index in [1.807, 2.05) is 72.8 Å². The van der Waals surface area contributed by atoms with Crippen molar-refractivity contribution in [1.82, 2.24) is 4.57 Å². The quantitative estimate of drug-likeness (QED) is 0.278. The van der Waals surface area contributed by atoms with Crippen LogP contribution in [0.1, 0.15) is 24.1 Å². The number of hydrogen-bond acceptors (Lipinski definition) is 6. The number of thiazole rings is 1. The molecule has 4 aromatic rings. The summed E-state index contributed by atoms with van der Waals surface area (Å²) in [5.74, 6) is 1.01. The summed E-state index contributed by atoms with van der Waals surface area (Å²) < 4.78 is 15.2. The highest BCUT2D eigenvalue weighted by molar-refractivity contribution is 14.1. The molecule has 0 radical (unpaired) electrons. The molecule has 39 heavy (non-hydrogen) atoms. The third kappa shape index (κ3) is 5.54. The third-order valence-electron chi connectivity index (χ3n) is 6.24. The topological polar surface area (TPSA) is 81.9 Å². The SMILES string of the molecule is COc1cccc([C@@H]2C(C(=O)Nc3ccccc3)=C(C)N=c3s/c(=C\c4cc(I)cc(I)c4OC)c(=O)n32)c1. The van der Waals surface area contributed by atoms with E-state index in [0.29, 0.717) is 37.8 Å². The number of anilines is 1. The Labute approximate surface area is 256 Å². The van der Waals surface area contributed by atoms with Gasteiger partial charge >= 0.3 is 0 Å². The Bertz CT molecular complexity index is 1800. The van der Waals surface area contributed by atoms with Gasteiger partial charge in [-0.05, 0) is 100 Å². The number of amides is 1. The monoisotopic (exact) mass is 763 g/mol. The van der Waals surface area contributed by atoms with E-state index in [1.54, 1.807) is 25.7 Å². The molecule has 1 amide bonds. The first-order valence-corrected chi connectivity index (χ1v) is 14.8. The lowest BCUT2D eigenvalue weighted by Crippen LogP contribution is -2.40. The summed E-state index contributed by atoms with van der Waals surface area (Å²) in [5.41, 5.74) is 2.91. The number of rotatable bonds is 6. The first-order valence-electron chi connectivity index (χ1n) is 11.9. The van der Waals surface area contributed by atoms with Gasteiger partial charge in [0.15, 0.2) is 4.80 Å². The van der Waals surface area contributed by atoms with Crippen LogP contribution in [0.2, 0.25) is 0 Å². The zero-order chi connectivity index (χ0) is 27.7. The van der Waals surface area contributed by atoms with Crippen molar-refractivity contribution in [1.29, 1.82) is 0 Å². The molecule has 10 heteroatoms. The van der Waals surface area contributed by atoms with Crippen molar-refractivity contribution in [2.75, 3.05) is 19.5 Å². The second kappa shape index (κ2) is 11.6. The maximum Gasteiger partial charge on any atom is 0.271 e. The van der Waals surface area contributed by atoms with Crippen molar-refractivity contribution in [2.24, 2.45) is 4.99 Å². The van der Waals surface area contributed by atoms with Crippen molar-refractivity contribution >= 4 is 74.2 Å². The highest BCUT2D eigenvalue weighted by atomic mass is 127. The van der Waals surface area contributed by atoms with Crippen molar-refractivity contribution in [3.05, 3.63) is 116 Å². The minimum Gasteiger partial charge on any atom is -0.497 e. The van der Waals surface area contributed by atoms with E-state index >= 15 is 0 Å². The lowest BCUT2D eigenvalue weighted by Gasteiger charge is -2.25. The summed E-state index contributed by atoms with van der Waals surface area (Å²) in [6, 6.07) is 19.9. The number of carbonyl (C=O) groups is 1. The molecule has 0 unspecified atom stereocenters. The van der Waals surface area contributed by atoms with E-state index in [9.17, 15) is 9.59 Å². The lowest BCUT2D eigenvalue weighted by molar-refractivity contribution is -0.113. The number of aromatic nitrogens is 1. The molecule has 1 N–H and O–H groups in total. The van der Waals surface area contributed by atoms with Gasteiger partial charge in [0.25, 0.3) is 11.5 Å². The summed E-state index contributed by atoms with van der Waals surface area (Å²) >= 11 is 5.77. The standard InChI is InChI=1S/C29H23I2N3O4S/c1-16-24(27(35)33-20-9-5-4-6-10-20)25(17-8-7-11-21(13-17)37-2)34-28(36)23(39-29(34)32-16)14-18-12-19(30)15-22(31)26(18)38-3/h4-15,25H,1-3H3,(H,33,35)/b23-14-/t25-/m1/s1. The number of hydrogen-bond donors (Lipinski definition) is 1. The summed E-state index contributed by atoms with van der Waals surface area (Å²) in [6.07, 6.45) is 1.83. The first kappa shape index (κ1) is 27.6. The molecule has 0 fully saturated rings. The highest BCUT2D eigenvalue weighted by Gasteiger charge is 2.32. The van der Waals surface area contributed by atoms with Gasteiger partial charge in [-0.2, -0.15) is 0 Å². The van der Waals surface area contributed by atoms with E-state index in [2.05, 4.69) is 50.5 Å². The zero-order valence-corrected chi connectivity index (χ0v) is 26.3. The minimum atomic E-state index is -0.694. The maximum absolute atomic E-state index is 14.0. The van der Waals surface area contributed by atoms with E-state index in [0.717, 1.165) is 18.3 Å². The molecule has 1 aliphatic rings. The van der Waals surface area contributed by atoms with E-state index in [1.165, 1.54) is 11.3 Å². The number of nitrogens with zero attached hydrogens (tertiary/aromatic N) is 2. The van der Waals surface area contributed by atoms with Crippen LogP contribution in [0.25, 0.3) is 6.08 Å². The van der Waals surface area contributed by atoms with Gasteiger partial charge in [0.05, 0.1) is 39.6 Å². The number of nitrogens with one attached hydrogen (secondary N) is 1. The van der Waals surface area contributed by atoms with Crippen LogP contribution in [-0.4, -0.2) is 24.7 Å². The molecule has 198 valence electrons. The number of para-hydroxylation sites is 1. The van der Waals surface area contributed by atoms with Crippen molar-refractivity contribution in [3.8, 4) is 11.5 Å². The fraction of sp³-hybridized carbons (Fsp3) is 0.138. The van der Waals surface area contributed by atoms with Gasteiger partial charge in [0, 0.05) is 14.8 Å². The molecule has 0 saturated heterocycles. The Morgan fingerprint density at radius 1 is 1.05 bits per heavy atom. The highest BCUT2D eigenvalue weighted by Crippen LogP contribution is 2.33. The van der Waals surface area contributed by atoms with Crippen LogP contribution in [0.5, 0.6) is 11.5 Å². The normalized spacial score (nSPS) is 15.0. The van der Waals surface area contributed by atoms with Crippen LogP contribution in [0.4, 0.5) is 5.69 Å². The number of allylic oxidation sites excluding steroid dienone is 1. The molecule has 1 atom stereocenters. The molecule has 0 spiro atoms. The molecular weight excluding hydrogens is 740 g/mol. The molecule has 7 nitrogen and oxygen atoms in total. The predicted molar refractivity (Wildman–Crippen MR) is 170 cm³/mol. The summed E-state index contributed by atoms with van der Waals surface area (Å²) in [5, 5.41) is 2.97. The fourth-order valence-corrected chi connectivity index (χ4v) is 7.65. The number of benzene rings is 3. The van der Waals surface area contributed by atoms with Crippen molar-refractivity contribution in [3.63, 3.8) is 0 Å². The van der Waals surface area contributed by atoms with Gasteiger partial charge in [0.1, 0.15) is 11.5 Å². The second-order valence-electron chi connectivity index (χ2n) is 8.69. The Balaban J connectivity index is 1.72. The van der Waals surface area contributed by atoms with Crippen LogP contribution in [-0.2, 0) is 4.79 Å². The molecule has 0 saturated carbocycles. The number of fused-ring (bicyclic) bond motifs is 1.